The van der Waals surface area contributed by atoms with E-state index in [0.29, 0.717) is 0 Å². The Hall–Kier alpha value is -3.15. The maximum absolute atomic E-state index is 11.0. The number of fused-ring (bicyclic) bond motifs is 1. The van der Waals surface area contributed by atoms with Gasteiger partial charge >= 0.3 is 5.97 Å². The third-order valence-electron chi connectivity index (χ3n) is 4.72. The van der Waals surface area contributed by atoms with Crippen LogP contribution in [0.5, 0.6) is 0 Å². The van der Waals surface area contributed by atoms with Gasteiger partial charge in [-0.3, -0.25) is 0 Å². The zero-order valence-electron chi connectivity index (χ0n) is 14.4. The zero-order valence-corrected chi connectivity index (χ0v) is 14.4. The molecule has 0 saturated carbocycles. The maximum atomic E-state index is 11.0. The minimum absolute atomic E-state index is 0.213. The number of pyridine rings is 2. The molecule has 132 valence electrons. The minimum atomic E-state index is -0.950. The van der Waals surface area contributed by atoms with Crippen LogP contribution in [0.25, 0.3) is 10.9 Å². The molecule has 0 radical (unpaired) electrons. The van der Waals surface area contributed by atoms with Gasteiger partial charge in [-0.2, -0.15) is 0 Å². The van der Waals surface area contributed by atoms with Gasteiger partial charge < -0.3 is 14.9 Å². The molecule has 6 nitrogen and oxygen atoms in total. The van der Waals surface area contributed by atoms with Crippen LogP contribution in [0.3, 0.4) is 0 Å². The molecular weight excluding hydrogens is 328 g/mol. The van der Waals surface area contributed by atoms with Gasteiger partial charge in [-0.1, -0.05) is 18.2 Å². The number of carboxylic acids is 1. The summed E-state index contributed by atoms with van der Waals surface area (Å²) in [6, 6.07) is 15.7. The van der Waals surface area contributed by atoms with Crippen LogP contribution in [0.4, 0.5) is 11.6 Å². The third kappa shape index (κ3) is 3.31. The highest BCUT2D eigenvalue weighted by Gasteiger charge is 2.17. The van der Waals surface area contributed by atoms with E-state index >= 15 is 0 Å². The summed E-state index contributed by atoms with van der Waals surface area (Å²) in [6.45, 7) is 3.51. The summed E-state index contributed by atoms with van der Waals surface area (Å²) in [5.41, 5.74) is 1.22. The first-order valence-corrected chi connectivity index (χ1v) is 8.76. The predicted octanol–water partition coefficient (Wildman–Crippen LogP) is 3.04. The highest BCUT2D eigenvalue weighted by Crippen LogP contribution is 2.21. The molecule has 4 rings (SSSR count). The van der Waals surface area contributed by atoms with Crippen molar-refractivity contribution < 1.29 is 9.90 Å². The number of aromatic carboxylic acids is 1. The fourth-order valence-corrected chi connectivity index (χ4v) is 3.31. The Morgan fingerprint density at radius 3 is 2.35 bits per heavy atom. The van der Waals surface area contributed by atoms with E-state index < -0.39 is 5.97 Å². The molecule has 3 aromatic rings. The molecule has 26 heavy (non-hydrogen) atoms. The summed E-state index contributed by atoms with van der Waals surface area (Å²) in [5.74, 6) is 0.872. The second-order valence-corrected chi connectivity index (χ2v) is 6.40. The Balaban J connectivity index is 1.49. The second kappa shape index (κ2) is 7.00. The van der Waals surface area contributed by atoms with Crippen molar-refractivity contribution >= 4 is 28.5 Å². The summed E-state index contributed by atoms with van der Waals surface area (Å²) in [6.07, 6.45) is 2.42. The zero-order chi connectivity index (χ0) is 17.9. The Morgan fingerprint density at radius 2 is 1.62 bits per heavy atom. The van der Waals surface area contributed by atoms with Crippen LogP contribution >= 0.6 is 0 Å². The van der Waals surface area contributed by atoms with E-state index in [1.54, 1.807) is 12.1 Å². The molecule has 1 aromatic carbocycles. The topological polar surface area (TPSA) is 69.6 Å². The first kappa shape index (κ1) is 16.3. The van der Waals surface area contributed by atoms with Crippen LogP contribution in [0, 0.1) is 0 Å². The number of rotatable bonds is 3. The van der Waals surface area contributed by atoms with Gasteiger partial charge in [0.1, 0.15) is 11.6 Å². The van der Waals surface area contributed by atoms with Gasteiger partial charge in [-0.15, -0.1) is 0 Å². The van der Waals surface area contributed by atoms with Crippen molar-refractivity contribution in [1.29, 1.82) is 0 Å². The van der Waals surface area contributed by atoms with E-state index in [-0.39, 0.29) is 5.56 Å². The lowest BCUT2D eigenvalue weighted by Gasteiger charge is -2.23. The molecule has 1 aliphatic rings. The standard InChI is InChI=1S/C20H20N4O2/c25-20(26)16-7-8-18(21-14-16)23-10-3-11-24(13-12-23)19-9-6-15-4-1-2-5-17(15)22-19/h1-2,4-9,14H,3,10-13H2,(H,25,26). The number of anilines is 2. The van der Waals surface area contributed by atoms with E-state index in [4.69, 9.17) is 10.1 Å². The minimum Gasteiger partial charge on any atom is -0.478 e. The van der Waals surface area contributed by atoms with Crippen molar-refractivity contribution in [3.8, 4) is 0 Å². The van der Waals surface area contributed by atoms with Crippen molar-refractivity contribution in [1.82, 2.24) is 9.97 Å². The predicted molar refractivity (Wildman–Crippen MR) is 102 cm³/mol. The first-order valence-electron chi connectivity index (χ1n) is 8.76. The maximum Gasteiger partial charge on any atom is 0.337 e. The molecule has 1 fully saturated rings. The van der Waals surface area contributed by atoms with Crippen LogP contribution in [0.1, 0.15) is 16.8 Å². The molecule has 0 unspecified atom stereocenters. The van der Waals surface area contributed by atoms with Gasteiger partial charge in [0, 0.05) is 37.8 Å². The second-order valence-electron chi connectivity index (χ2n) is 6.40. The molecule has 1 saturated heterocycles. The summed E-state index contributed by atoms with van der Waals surface area (Å²) >= 11 is 0. The number of hydrogen-bond donors (Lipinski definition) is 1. The molecule has 0 atom stereocenters. The lowest BCUT2D eigenvalue weighted by Crippen LogP contribution is -2.31. The molecule has 0 spiro atoms. The largest absolute Gasteiger partial charge is 0.478 e. The van der Waals surface area contributed by atoms with Crippen LogP contribution < -0.4 is 9.80 Å². The number of para-hydroxylation sites is 1. The highest BCUT2D eigenvalue weighted by molar-refractivity contribution is 5.87. The smallest absolute Gasteiger partial charge is 0.337 e. The molecule has 1 aliphatic heterocycles. The monoisotopic (exact) mass is 348 g/mol. The fourth-order valence-electron chi connectivity index (χ4n) is 3.31. The molecule has 3 heterocycles. The first-order chi connectivity index (χ1) is 12.7. The molecule has 2 aromatic heterocycles. The molecule has 1 N–H and O–H groups in total. The van der Waals surface area contributed by atoms with Crippen LogP contribution in [-0.2, 0) is 0 Å². The summed E-state index contributed by atoms with van der Waals surface area (Å²) in [5, 5.41) is 10.1. The SMILES string of the molecule is O=C(O)c1ccc(N2CCCN(c3ccc4ccccc4n3)CC2)nc1. The van der Waals surface area contributed by atoms with Crippen molar-refractivity contribution in [2.45, 2.75) is 6.42 Å². The third-order valence-corrected chi connectivity index (χ3v) is 4.72. The van der Waals surface area contributed by atoms with Gasteiger partial charge in [0.25, 0.3) is 0 Å². The lowest BCUT2D eigenvalue weighted by atomic mass is 10.2. The number of nitrogens with zero attached hydrogens (tertiary/aromatic N) is 4. The Labute approximate surface area is 151 Å². The summed E-state index contributed by atoms with van der Waals surface area (Å²) in [7, 11) is 0. The highest BCUT2D eigenvalue weighted by atomic mass is 16.4. The van der Waals surface area contributed by atoms with E-state index in [0.717, 1.165) is 55.1 Å². The van der Waals surface area contributed by atoms with Gasteiger partial charge in [-0.25, -0.2) is 14.8 Å². The number of carbonyl (C=O) groups is 1. The van der Waals surface area contributed by atoms with Gasteiger partial charge in [0.05, 0.1) is 11.1 Å². The van der Waals surface area contributed by atoms with E-state index in [2.05, 4.69) is 33.0 Å². The normalized spacial score (nSPS) is 15.1. The Bertz CT molecular complexity index is 927. The fraction of sp³-hybridized carbons (Fsp3) is 0.250. The van der Waals surface area contributed by atoms with Gasteiger partial charge in [0.2, 0.25) is 0 Å². The van der Waals surface area contributed by atoms with Crippen LogP contribution in [0.15, 0.2) is 54.7 Å². The summed E-state index contributed by atoms with van der Waals surface area (Å²) < 4.78 is 0. The van der Waals surface area contributed by atoms with Crippen LogP contribution in [0.2, 0.25) is 0 Å². The Morgan fingerprint density at radius 1 is 0.885 bits per heavy atom. The number of benzene rings is 1. The molecule has 6 heteroatoms. The molecule has 0 aliphatic carbocycles. The molecule has 0 amide bonds. The van der Waals surface area contributed by atoms with Crippen molar-refractivity contribution in [3.63, 3.8) is 0 Å². The van der Waals surface area contributed by atoms with Crippen LogP contribution in [-0.4, -0.2) is 47.2 Å². The van der Waals surface area contributed by atoms with Crippen molar-refractivity contribution in [3.05, 3.63) is 60.3 Å². The molecule has 0 bridgehead atoms. The quantitative estimate of drug-likeness (QED) is 0.784. The Kier molecular flexibility index (Phi) is 4.39. The summed E-state index contributed by atoms with van der Waals surface area (Å²) in [4.78, 5) is 24.6. The van der Waals surface area contributed by atoms with E-state index in [9.17, 15) is 4.79 Å². The van der Waals surface area contributed by atoms with E-state index in [1.165, 1.54) is 6.20 Å². The molecular formula is C20H20N4O2. The average Bonchev–Trinajstić information content (AvgIpc) is 2.94. The number of carboxylic acid groups (broad SMARTS) is 1. The van der Waals surface area contributed by atoms with Gasteiger partial charge in [0.15, 0.2) is 0 Å². The van der Waals surface area contributed by atoms with Crippen molar-refractivity contribution in [2.75, 3.05) is 36.0 Å². The number of aromatic nitrogens is 2. The number of hydrogen-bond acceptors (Lipinski definition) is 5. The van der Waals surface area contributed by atoms with Crippen molar-refractivity contribution in [2.24, 2.45) is 0 Å². The lowest BCUT2D eigenvalue weighted by molar-refractivity contribution is 0.0696. The van der Waals surface area contributed by atoms with Gasteiger partial charge in [-0.05, 0) is 36.8 Å². The van der Waals surface area contributed by atoms with E-state index in [1.807, 2.05) is 18.2 Å². The average molecular weight is 348 g/mol.